The van der Waals surface area contributed by atoms with Gasteiger partial charge in [0, 0.05) is 56.2 Å². The summed E-state index contributed by atoms with van der Waals surface area (Å²) in [5.41, 5.74) is 1.63. The van der Waals surface area contributed by atoms with Crippen molar-refractivity contribution in [2.45, 2.75) is 44.8 Å². The molecule has 1 amide bonds. The third-order valence-electron chi connectivity index (χ3n) is 6.39. The molecule has 0 radical (unpaired) electrons. The van der Waals surface area contributed by atoms with Gasteiger partial charge in [0.2, 0.25) is 11.3 Å². The molecule has 1 saturated heterocycles. The first-order valence-corrected chi connectivity index (χ1v) is 11.3. The predicted molar refractivity (Wildman–Crippen MR) is 122 cm³/mol. The second kappa shape index (κ2) is 10.2. The number of carbonyl (C=O) groups is 1. The highest BCUT2D eigenvalue weighted by molar-refractivity contribution is 5.76. The largest absolute Gasteiger partial charge is 0.491 e. The van der Waals surface area contributed by atoms with Crippen LogP contribution in [-0.2, 0) is 17.9 Å². The summed E-state index contributed by atoms with van der Waals surface area (Å²) in [6, 6.07) is 8.40. The van der Waals surface area contributed by atoms with Gasteiger partial charge in [-0.05, 0) is 37.1 Å². The van der Waals surface area contributed by atoms with Crippen LogP contribution >= 0.6 is 0 Å². The summed E-state index contributed by atoms with van der Waals surface area (Å²) in [5.74, 6) is -0.0321. The lowest BCUT2D eigenvalue weighted by Gasteiger charge is -2.36. The minimum Gasteiger partial charge on any atom is -0.491 e. The van der Waals surface area contributed by atoms with Crippen LogP contribution in [0.15, 0.2) is 41.3 Å². The first kappa shape index (κ1) is 22.3. The molecule has 4 rings (SSSR count). The van der Waals surface area contributed by atoms with Crippen molar-refractivity contribution in [3.8, 4) is 5.75 Å². The average molecular weight is 443 g/mol. The molecule has 2 aliphatic rings. The fourth-order valence-electron chi connectivity index (χ4n) is 4.57. The molecule has 1 aliphatic carbocycles. The number of rotatable bonds is 7. The smallest absolute Gasteiger partial charge is 0.240 e. The Kier molecular flexibility index (Phi) is 7.09. The third kappa shape index (κ3) is 5.48. The van der Waals surface area contributed by atoms with Crippen molar-refractivity contribution >= 4 is 11.6 Å². The number of nitrogens with zero attached hydrogens (tertiary/aromatic N) is 3. The topological polar surface area (TPSA) is 66.8 Å². The normalized spacial score (nSPS) is 17.5. The number of hydrogen-bond acceptors (Lipinski definition) is 5. The van der Waals surface area contributed by atoms with Gasteiger partial charge in [-0.15, -0.1) is 0 Å². The molecule has 0 spiro atoms. The Labute approximate surface area is 187 Å². The van der Waals surface area contributed by atoms with E-state index in [-0.39, 0.29) is 35.5 Å². The van der Waals surface area contributed by atoms with E-state index in [1.807, 2.05) is 4.57 Å². The Hall–Kier alpha value is -2.87. The number of halogens is 1. The number of piperazine rings is 1. The van der Waals surface area contributed by atoms with Crippen LogP contribution in [0, 0.1) is 5.82 Å². The third-order valence-corrected chi connectivity index (χ3v) is 6.39. The molecule has 32 heavy (non-hydrogen) atoms. The first-order chi connectivity index (χ1) is 15.5. The monoisotopic (exact) mass is 442 g/mol. The summed E-state index contributed by atoms with van der Waals surface area (Å²) in [5, 5.41) is 3.11. The average Bonchev–Trinajstić information content (AvgIpc) is 3.29. The van der Waals surface area contributed by atoms with Gasteiger partial charge in [0.05, 0.1) is 13.3 Å². The molecule has 1 N–H and O–H groups in total. The van der Waals surface area contributed by atoms with E-state index in [1.165, 1.54) is 19.2 Å². The second-order valence-corrected chi connectivity index (χ2v) is 8.61. The number of nitrogens with one attached hydrogen (secondary N) is 1. The van der Waals surface area contributed by atoms with Crippen molar-refractivity contribution in [2.24, 2.45) is 0 Å². The van der Waals surface area contributed by atoms with Crippen molar-refractivity contribution in [3.63, 3.8) is 0 Å². The molecule has 172 valence electrons. The van der Waals surface area contributed by atoms with E-state index in [0.29, 0.717) is 6.54 Å². The lowest BCUT2D eigenvalue weighted by Crippen LogP contribution is -2.46. The molecule has 7 nitrogen and oxygen atoms in total. The number of hydrogen-bond donors (Lipinski definition) is 1. The van der Waals surface area contributed by atoms with E-state index < -0.39 is 0 Å². The lowest BCUT2D eigenvalue weighted by molar-refractivity contribution is -0.122. The number of anilines is 1. The molecule has 0 bridgehead atoms. The van der Waals surface area contributed by atoms with Crippen LogP contribution in [0.2, 0.25) is 0 Å². The summed E-state index contributed by atoms with van der Waals surface area (Å²) in [7, 11) is 1.47. The van der Waals surface area contributed by atoms with Crippen molar-refractivity contribution in [2.75, 3.05) is 38.2 Å². The summed E-state index contributed by atoms with van der Waals surface area (Å²) >= 11 is 0. The molecule has 1 aromatic carbocycles. The lowest BCUT2D eigenvalue weighted by atomic mass is 10.2. The summed E-state index contributed by atoms with van der Waals surface area (Å²) < 4.78 is 20.2. The number of methoxy groups -OCH3 is 1. The molecule has 2 fully saturated rings. The summed E-state index contributed by atoms with van der Waals surface area (Å²) in [6.07, 6.45) is 6.02. The number of amides is 1. The maximum absolute atomic E-state index is 13.2. The molecule has 0 atom stereocenters. The standard InChI is InChI=1S/C24H31FN4O3/c1-32-23-16-29(17-24(31)26-19-4-2-3-5-19)21(14-22(23)30)15-27-10-12-28(13-11-27)20-8-6-18(25)7-9-20/h6-9,14,16,19H,2-5,10-13,15,17H2,1H3,(H,26,31). The fourth-order valence-corrected chi connectivity index (χ4v) is 4.57. The molecular formula is C24H31FN4O3. The SMILES string of the molecule is COc1cn(CC(=O)NC2CCCC2)c(CN2CCN(c3ccc(F)cc3)CC2)cc1=O. The van der Waals surface area contributed by atoms with Crippen LogP contribution in [0.3, 0.4) is 0 Å². The van der Waals surface area contributed by atoms with E-state index >= 15 is 0 Å². The van der Waals surface area contributed by atoms with Crippen LogP contribution in [0.5, 0.6) is 5.75 Å². The van der Waals surface area contributed by atoms with Gasteiger partial charge in [-0.2, -0.15) is 0 Å². The van der Waals surface area contributed by atoms with Crippen molar-refractivity contribution < 1.29 is 13.9 Å². The van der Waals surface area contributed by atoms with Gasteiger partial charge in [0.25, 0.3) is 0 Å². The number of benzene rings is 1. The zero-order chi connectivity index (χ0) is 22.5. The van der Waals surface area contributed by atoms with E-state index in [1.54, 1.807) is 24.4 Å². The van der Waals surface area contributed by atoms with E-state index in [0.717, 1.165) is 63.2 Å². The van der Waals surface area contributed by atoms with Crippen LogP contribution in [0.25, 0.3) is 0 Å². The maximum Gasteiger partial charge on any atom is 0.240 e. The second-order valence-electron chi connectivity index (χ2n) is 8.61. The van der Waals surface area contributed by atoms with Crippen molar-refractivity contribution in [1.82, 2.24) is 14.8 Å². The number of pyridine rings is 1. The molecule has 1 aliphatic heterocycles. The van der Waals surface area contributed by atoms with Crippen molar-refractivity contribution in [3.05, 3.63) is 58.3 Å². The van der Waals surface area contributed by atoms with Gasteiger partial charge in [-0.25, -0.2) is 4.39 Å². The summed E-state index contributed by atoms with van der Waals surface area (Å²) in [6.45, 7) is 3.99. The fraction of sp³-hybridized carbons (Fsp3) is 0.500. The first-order valence-electron chi connectivity index (χ1n) is 11.3. The Morgan fingerprint density at radius 2 is 1.81 bits per heavy atom. The highest BCUT2D eigenvalue weighted by Crippen LogP contribution is 2.19. The minimum absolute atomic E-state index is 0.0371. The molecule has 1 saturated carbocycles. The molecule has 8 heteroatoms. The van der Waals surface area contributed by atoms with Crippen LogP contribution < -0.4 is 20.4 Å². The molecular weight excluding hydrogens is 411 g/mol. The summed E-state index contributed by atoms with van der Waals surface area (Å²) in [4.78, 5) is 29.5. The van der Waals surface area contributed by atoms with E-state index in [9.17, 15) is 14.0 Å². The zero-order valence-corrected chi connectivity index (χ0v) is 18.6. The van der Waals surface area contributed by atoms with Crippen LogP contribution in [0.1, 0.15) is 31.4 Å². The Morgan fingerprint density at radius 1 is 1.12 bits per heavy atom. The Bertz CT molecular complexity index is 978. The van der Waals surface area contributed by atoms with Gasteiger partial charge in [0.15, 0.2) is 5.75 Å². The van der Waals surface area contributed by atoms with E-state index in [2.05, 4.69) is 15.1 Å². The van der Waals surface area contributed by atoms with Crippen LogP contribution in [-0.4, -0.2) is 54.7 Å². The highest BCUT2D eigenvalue weighted by atomic mass is 19.1. The number of carbonyl (C=O) groups excluding carboxylic acids is 1. The Morgan fingerprint density at radius 3 is 2.47 bits per heavy atom. The highest BCUT2D eigenvalue weighted by Gasteiger charge is 2.21. The van der Waals surface area contributed by atoms with Gasteiger partial charge in [-0.3, -0.25) is 14.5 Å². The van der Waals surface area contributed by atoms with E-state index in [4.69, 9.17) is 4.74 Å². The quantitative estimate of drug-likeness (QED) is 0.713. The molecule has 0 unspecified atom stereocenters. The van der Waals surface area contributed by atoms with Crippen LogP contribution in [0.4, 0.5) is 10.1 Å². The zero-order valence-electron chi connectivity index (χ0n) is 18.6. The van der Waals surface area contributed by atoms with Gasteiger partial charge in [0.1, 0.15) is 12.4 Å². The number of aromatic nitrogens is 1. The van der Waals surface area contributed by atoms with Gasteiger partial charge in [-0.1, -0.05) is 12.8 Å². The maximum atomic E-state index is 13.2. The van der Waals surface area contributed by atoms with Gasteiger partial charge >= 0.3 is 0 Å². The molecule has 1 aromatic heterocycles. The van der Waals surface area contributed by atoms with Gasteiger partial charge < -0.3 is 19.5 Å². The number of ether oxygens (including phenoxy) is 1. The molecule has 2 aromatic rings. The Balaban J connectivity index is 1.42. The molecule has 2 heterocycles. The minimum atomic E-state index is -0.234. The predicted octanol–water partition coefficient (Wildman–Crippen LogP) is 2.38. The van der Waals surface area contributed by atoms with Crippen molar-refractivity contribution in [1.29, 1.82) is 0 Å².